The van der Waals surface area contributed by atoms with Gasteiger partial charge in [0.2, 0.25) is 5.91 Å². The molecule has 0 aromatic carbocycles. The molecule has 1 unspecified atom stereocenters. The summed E-state index contributed by atoms with van der Waals surface area (Å²) in [5, 5.41) is 3.07. The number of hydrogen-bond acceptors (Lipinski definition) is 1. The standard InChI is InChI=1S/C13H25NO/c1-11(15)14-12-7-4-5-9-13(2,3)10-6-8-12/h12H,4-10H2,1-3H3,(H,14,15). The fourth-order valence-corrected chi connectivity index (χ4v) is 2.52. The van der Waals surface area contributed by atoms with Crippen LogP contribution in [0.1, 0.15) is 65.7 Å². The lowest BCUT2D eigenvalue weighted by molar-refractivity contribution is -0.119. The van der Waals surface area contributed by atoms with Crippen molar-refractivity contribution < 1.29 is 4.79 Å². The van der Waals surface area contributed by atoms with Crippen LogP contribution in [0.4, 0.5) is 0 Å². The molecular formula is C13H25NO. The molecule has 0 bridgehead atoms. The van der Waals surface area contributed by atoms with Gasteiger partial charge in [-0.05, 0) is 31.1 Å². The fourth-order valence-electron chi connectivity index (χ4n) is 2.52. The van der Waals surface area contributed by atoms with E-state index in [9.17, 15) is 4.79 Å². The number of rotatable bonds is 1. The molecule has 1 atom stereocenters. The molecule has 1 rings (SSSR count). The first-order chi connectivity index (χ1) is 6.99. The molecule has 1 saturated carbocycles. The summed E-state index contributed by atoms with van der Waals surface area (Å²) >= 11 is 0. The third-order valence-corrected chi connectivity index (χ3v) is 3.47. The van der Waals surface area contributed by atoms with Crippen LogP contribution in [0.15, 0.2) is 0 Å². The second-order valence-electron chi connectivity index (χ2n) is 5.70. The van der Waals surface area contributed by atoms with Crippen molar-refractivity contribution in [2.75, 3.05) is 0 Å². The smallest absolute Gasteiger partial charge is 0.217 e. The summed E-state index contributed by atoms with van der Waals surface area (Å²) in [5.41, 5.74) is 0.505. The number of amides is 1. The quantitative estimate of drug-likeness (QED) is 0.708. The molecule has 1 aliphatic rings. The summed E-state index contributed by atoms with van der Waals surface area (Å²) in [7, 11) is 0. The maximum Gasteiger partial charge on any atom is 0.217 e. The van der Waals surface area contributed by atoms with Crippen molar-refractivity contribution in [1.29, 1.82) is 0 Å². The minimum atomic E-state index is 0.124. The topological polar surface area (TPSA) is 29.1 Å². The first-order valence-corrected chi connectivity index (χ1v) is 6.27. The average Bonchev–Trinajstić information content (AvgIpc) is 2.16. The SMILES string of the molecule is CC(=O)NC1CCCCC(C)(C)CCC1. The van der Waals surface area contributed by atoms with Gasteiger partial charge in [-0.25, -0.2) is 0 Å². The highest BCUT2D eigenvalue weighted by Crippen LogP contribution is 2.32. The van der Waals surface area contributed by atoms with Gasteiger partial charge in [-0.15, -0.1) is 0 Å². The highest BCUT2D eigenvalue weighted by Gasteiger charge is 2.20. The number of carbonyl (C=O) groups excluding carboxylic acids is 1. The van der Waals surface area contributed by atoms with Crippen molar-refractivity contribution in [3.63, 3.8) is 0 Å². The molecule has 0 spiro atoms. The zero-order chi connectivity index (χ0) is 11.3. The van der Waals surface area contributed by atoms with Crippen molar-refractivity contribution >= 4 is 5.91 Å². The molecule has 0 saturated heterocycles. The third-order valence-electron chi connectivity index (χ3n) is 3.47. The monoisotopic (exact) mass is 211 g/mol. The van der Waals surface area contributed by atoms with Gasteiger partial charge < -0.3 is 5.32 Å². The van der Waals surface area contributed by atoms with Crippen LogP contribution < -0.4 is 5.32 Å². The number of hydrogen-bond donors (Lipinski definition) is 1. The van der Waals surface area contributed by atoms with E-state index in [1.807, 2.05) is 0 Å². The molecule has 2 nitrogen and oxygen atoms in total. The summed E-state index contributed by atoms with van der Waals surface area (Å²) in [4.78, 5) is 11.0. The molecule has 2 heteroatoms. The predicted octanol–water partition coefficient (Wildman–Crippen LogP) is 3.26. The molecule has 0 aromatic heterocycles. The van der Waals surface area contributed by atoms with Gasteiger partial charge in [0.1, 0.15) is 0 Å². The molecular weight excluding hydrogens is 186 g/mol. The largest absolute Gasteiger partial charge is 0.354 e. The minimum Gasteiger partial charge on any atom is -0.354 e. The second-order valence-corrected chi connectivity index (χ2v) is 5.70. The van der Waals surface area contributed by atoms with Gasteiger partial charge in [-0.1, -0.05) is 33.1 Å². The van der Waals surface area contributed by atoms with Crippen molar-refractivity contribution in [3.05, 3.63) is 0 Å². The molecule has 1 aliphatic carbocycles. The Hall–Kier alpha value is -0.530. The summed E-state index contributed by atoms with van der Waals surface area (Å²) in [6.07, 6.45) is 8.76. The first kappa shape index (κ1) is 12.5. The van der Waals surface area contributed by atoms with Crippen LogP contribution in [0.5, 0.6) is 0 Å². The Bertz CT molecular complexity index is 211. The van der Waals surface area contributed by atoms with E-state index >= 15 is 0 Å². The summed E-state index contributed by atoms with van der Waals surface area (Å²) in [6.45, 7) is 6.36. The molecule has 0 aliphatic heterocycles. The van der Waals surface area contributed by atoms with Crippen LogP contribution in [0.3, 0.4) is 0 Å². The van der Waals surface area contributed by atoms with Crippen molar-refractivity contribution in [3.8, 4) is 0 Å². The second kappa shape index (κ2) is 5.53. The Morgan fingerprint density at radius 3 is 2.40 bits per heavy atom. The van der Waals surface area contributed by atoms with Gasteiger partial charge in [0.15, 0.2) is 0 Å². The van der Waals surface area contributed by atoms with E-state index in [-0.39, 0.29) is 5.91 Å². The number of carbonyl (C=O) groups is 1. The minimum absolute atomic E-state index is 0.124. The van der Waals surface area contributed by atoms with Crippen molar-refractivity contribution in [1.82, 2.24) is 5.32 Å². The fraction of sp³-hybridized carbons (Fsp3) is 0.923. The first-order valence-electron chi connectivity index (χ1n) is 6.27. The molecule has 0 heterocycles. The third kappa shape index (κ3) is 5.19. The van der Waals surface area contributed by atoms with Crippen LogP contribution in [-0.2, 0) is 4.79 Å². The summed E-state index contributed by atoms with van der Waals surface area (Å²) in [6, 6.07) is 0.427. The van der Waals surface area contributed by atoms with E-state index in [0.29, 0.717) is 11.5 Å². The highest BCUT2D eigenvalue weighted by molar-refractivity contribution is 5.73. The Labute approximate surface area is 93.8 Å². The Morgan fingerprint density at radius 1 is 1.13 bits per heavy atom. The van der Waals surface area contributed by atoms with E-state index < -0.39 is 0 Å². The van der Waals surface area contributed by atoms with Gasteiger partial charge in [0.25, 0.3) is 0 Å². The van der Waals surface area contributed by atoms with Gasteiger partial charge in [0.05, 0.1) is 0 Å². The molecule has 0 aromatic rings. The van der Waals surface area contributed by atoms with Crippen molar-refractivity contribution in [2.45, 2.75) is 71.8 Å². The lowest BCUT2D eigenvalue weighted by atomic mass is 9.83. The van der Waals surface area contributed by atoms with Gasteiger partial charge in [-0.3, -0.25) is 4.79 Å². The molecule has 1 fully saturated rings. The zero-order valence-corrected chi connectivity index (χ0v) is 10.4. The van der Waals surface area contributed by atoms with Crippen LogP contribution >= 0.6 is 0 Å². The van der Waals surface area contributed by atoms with Gasteiger partial charge >= 0.3 is 0 Å². The van der Waals surface area contributed by atoms with Crippen molar-refractivity contribution in [2.24, 2.45) is 5.41 Å². The van der Waals surface area contributed by atoms with E-state index in [2.05, 4.69) is 19.2 Å². The molecule has 0 radical (unpaired) electrons. The van der Waals surface area contributed by atoms with E-state index in [1.165, 1.54) is 32.1 Å². The van der Waals surface area contributed by atoms with Crippen LogP contribution in [0, 0.1) is 5.41 Å². The van der Waals surface area contributed by atoms with Crippen LogP contribution in [0.25, 0.3) is 0 Å². The lowest BCUT2D eigenvalue weighted by Gasteiger charge is -2.23. The highest BCUT2D eigenvalue weighted by atomic mass is 16.1. The lowest BCUT2D eigenvalue weighted by Crippen LogP contribution is -2.32. The van der Waals surface area contributed by atoms with E-state index in [0.717, 1.165) is 12.8 Å². The predicted molar refractivity (Wildman–Crippen MR) is 63.7 cm³/mol. The summed E-state index contributed by atoms with van der Waals surface area (Å²) < 4.78 is 0. The van der Waals surface area contributed by atoms with Crippen LogP contribution in [-0.4, -0.2) is 11.9 Å². The van der Waals surface area contributed by atoms with E-state index in [1.54, 1.807) is 6.92 Å². The maximum absolute atomic E-state index is 11.0. The Morgan fingerprint density at radius 2 is 1.73 bits per heavy atom. The molecule has 88 valence electrons. The molecule has 15 heavy (non-hydrogen) atoms. The van der Waals surface area contributed by atoms with Gasteiger partial charge in [0, 0.05) is 13.0 Å². The normalized spacial score (nSPS) is 27.3. The van der Waals surface area contributed by atoms with Crippen LogP contribution in [0.2, 0.25) is 0 Å². The Balaban J connectivity index is 2.42. The zero-order valence-electron chi connectivity index (χ0n) is 10.4. The maximum atomic E-state index is 11.0. The number of nitrogens with one attached hydrogen (secondary N) is 1. The molecule has 1 N–H and O–H groups in total. The Kier molecular flexibility index (Phi) is 4.62. The van der Waals surface area contributed by atoms with E-state index in [4.69, 9.17) is 0 Å². The molecule has 1 amide bonds. The summed E-state index contributed by atoms with van der Waals surface area (Å²) in [5.74, 6) is 0.124. The van der Waals surface area contributed by atoms with Gasteiger partial charge in [-0.2, -0.15) is 0 Å². The average molecular weight is 211 g/mol.